The molecule has 7 heteroatoms. The molecule has 0 saturated carbocycles. The lowest BCUT2D eigenvalue weighted by atomic mass is 10.2. The Morgan fingerprint density at radius 3 is 2.70 bits per heavy atom. The number of aromatic nitrogens is 2. The average molecular weight is 306 g/mol. The molecule has 2 aromatic heterocycles. The zero-order valence-corrected chi connectivity index (χ0v) is 11.6. The van der Waals surface area contributed by atoms with Crippen LogP contribution in [-0.2, 0) is 0 Å². The van der Waals surface area contributed by atoms with Crippen molar-refractivity contribution in [3.8, 4) is 11.5 Å². The summed E-state index contributed by atoms with van der Waals surface area (Å²) in [4.78, 5) is 11.9. The maximum Gasteiger partial charge on any atom is 0.322 e. The van der Waals surface area contributed by atoms with Gasteiger partial charge in [0.2, 0.25) is 0 Å². The van der Waals surface area contributed by atoms with Crippen LogP contribution in [0.4, 0.5) is 6.01 Å². The van der Waals surface area contributed by atoms with Crippen LogP contribution in [0.3, 0.4) is 0 Å². The number of nitrogens with zero attached hydrogens (tertiary/aromatic N) is 2. The Bertz CT molecular complexity index is 722. The van der Waals surface area contributed by atoms with E-state index in [0.29, 0.717) is 16.5 Å². The third-order valence-corrected chi connectivity index (χ3v) is 3.46. The van der Waals surface area contributed by atoms with Crippen LogP contribution in [0, 0.1) is 0 Å². The van der Waals surface area contributed by atoms with Crippen molar-refractivity contribution in [2.75, 3.05) is 5.32 Å². The third-order valence-electron chi connectivity index (χ3n) is 2.52. The van der Waals surface area contributed by atoms with Crippen LogP contribution in [0.1, 0.15) is 10.4 Å². The lowest BCUT2D eigenvalue weighted by Gasteiger charge is -2.00. The minimum Gasteiger partial charge on any atom is -0.403 e. The molecule has 5 nitrogen and oxygen atoms in total. The van der Waals surface area contributed by atoms with Gasteiger partial charge < -0.3 is 4.42 Å². The molecule has 0 aliphatic carbocycles. The third kappa shape index (κ3) is 2.71. The molecule has 0 unspecified atom stereocenters. The van der Waals surface area contributed by atoms with Crippen molar-refractivity contribution >= 4 is 34.9 Å². The first-order chi connectivity index (χ1) is 9.72. The van der Waals surface area contributed by atoms with Gasteiger partial charge in [0.25, 0.3) is 11.8 Å². The number of amides is 1. The number of benzene rings is 1. The first kappa shape index (κ1) is 12.8. The molecule has 1 aromatic carbocycles. The van der Waals surface area contributed by atoms with E-state index in [-0.39, 0.29) is 11.9 Å². The predicted octanol–water partition coefficient (Wildman–Crippen LogP) is 3.70. The molecule has 0 fully saturated rings. The molecule has 0 aliphatic rings. The molecule has 1 N–H and O–H groups in total. The van der Waals surface area contributed by atoms with E-state index in [9.17, 15) is 4.79 Å². The van der Waals surface area contributed by atoms with Crippen LogP contribution >= 0.6 is 22.9 Å². The number of halogens is 1. The maximum absolute atomic E-state index is 11.9. The van der Waals surface area contributed by atoms with Crippen molar-refractivity contribution in [3.63, 3.8) is 0 Å². The second-order valence-corrected chi connectivity index (χ2v) is 5.10. The van der Waals surface area contributed by atoms with Crippen LogP contribution < -0.4 is 5.32 Å². The topological polar surface area (TPSA) is 68.0 Å². The zero-order chi connectivity index (χ0) is 13.9. The highest BCUT2D eigenvalue weighted by atomic mass is 35.5. The maximum atomic E-state index is 11.9. The van der Waals surface area contributed by atoms with Gasteiger partial charge in [-0.1, -0.05) is 16.7 Å². The Labute approximate surface area is 123 Å². The van der Waals surface area contributed by atoms with E-state index in [1.165, 1.54) is 11.3 Å². The number of carbonyl (C=O) groups excluding carboxylic acids is 1. The van der Waals surface area contributed by atoms with Crippen LogP contribution in [0.25, 0.3) is 11.5 Å². The summed E-state index contributed by atoms with van der Waals surface area (Å²) in [6.07, 6.45) is 0. The van der Waals surface area contributed by atoms with Crippen LogP contribution in [0.2, 0.25) is 5.02 Å². The standard InChI is InChI=1S/C13H8ClN3O2S/c14-10-3-1-8(2-4-10)11(18)15-13-17-16-12(19-13)9-5-6-20-7-9/h1-7H,(H,15,17,18). The summed E-state index contributed by atoms with van der Waals surface area (Å²) in [5, 5.41) is 14.6. The SMILES string of the molecule is O=C(Nc1nnc(-c2ccsc2)o1)c1ccc(Cl)cc1. The lowest BCUT2D eigenvalue weighted by molar-refractivity contribution is 0.102. The molecule has 0 atom stereocenters. The van der Waals surface area contributed by atoms with E-state index >= 15 is 0 Å². The second kappa shape index (κ2) is 5.44. The number of rotatable bonds is 3. The summed E-state index contributed by atoms with van der Waals surface area (Å²) in [7, 11) is 0. The Kier molecular flexibility index (Phi) is 3.49. The highest BCUT2D eigenvalue weighted by Crippen LogP contribution is 2.22. The smallest absolute Gasteiger partial charge is 0.322 e. The minimum absolute atomic E-state index is 0.0612. The highest BCUT2D eigenvalue weighted by Gasteiger charge is 2.12. The number of hydrogen-bond acceptors (Lipinski definition) is 5. The van der Waals surface area contributed by atoms with Crippen molar-refractivity contribution in [1.82, 2.24) is 10.2 Å². The number of nitrogens with one attached hydrogen (secondary N) is 1. The van der Waals surface area contributed by atoms with E-state index in [4.69, 9.17) is 16.0 Å². The van der Waals surface area contributed by atoms with Crippen molar-refractivity contribution in [2.45, 2.75) is 0 Å². The van der Waals surface area contributed by atoms with E-state index in [2.05, 4.69) is 15.5 Å². The summed E-state index contributed by atoms with van der Waals surface area (Å²) in [5.74, 6) is 0.0415. The molecule has 2 heterocycles. The largest absolute Gasteiger partial charge is 0.403 e. The number of carbonyl (C=O) groups is 1. The van der Waals surface area contributed by atoms with Gasteiger partial charge >= 0.3 is 6.01 Å². The Hall–Kier alpha value is -2.18. The molecule has 1 amide bonds. The van der Waals surface area contributed by atoms with Gasteiger partial charge in [0.05, 0.1) is 0 Å². The Morgan fingerprint density at radius 2 is 2.00 bits per heavy atom. The number of anilines is 1. The minimum atomic E-state index is -0.331. The Balaban J connectivity index is 1.75. The van der Waals surface area contributed by atoms with Crippen LogP contribution in [0.15, 0.2) is 45.5 Å². The van der Waals surface area contributed by atoms with Crippen molar-refractivity contribution in [2.24, 2.45) is 0 Å². The van der Waals surface area contributed by atoms with Crippen molar-refractivity contribution < 1.29 is 9.21 Å². The fourth-order valence-corrected chi connectivity index (χ4v) is 2.30. The van der Waals surface area contributed by atoms with E-state index < -0.39 is 0 Å². The van der Waals surface area contributed by atoms with Crippen LogP contribution in [0.5, 0.6) is 0 Å². The summed E-state index contributed by atoms with van der Waals surface area (Å²) in [6.45, 7) is 0. The molecule has 0 saturated heterocycles. The predicted molar refractivity (Wildman–Crippen MR) is 77.0 cm³/mol. The molecule has 3 aromatic rings. The van der Waals surface area contributed by atoms with Crippen molar-refractivity contribution in [1.29, 1.82) is 0 Å². The van der Waals surface area contributed by atoms with E-state index in [1.54, 1.807) is 24.3 Å². The van der Waals surface area contributed by atoms with E-state index in [0.717, 1.165) is 5.56 Å². The molecule has 0 radical (unpaired) electrons. The van der Waals surface area contributed by atoms with Crippen LogP contribution in [-0.4, -0.2) is 16.1 Å². The normalized spacial score (nSPS) is 10.4. The van der Waals surface area contributed by atoms with Gasteiger partial charge in [-0.05, 0) is 35.7 Å². The average Bonchev–Trinajstić information content (AvgIpc) is 3.09. The van der Waals surface area contributed by atoms with Gasteiger partial charge in [0.1, 0.15) is 0 Å². The first-order valence-corrected chi connectivity index (χ1v) is 6.97. The second-order valence-electron chi connectivity index (χ2n) is 3.89. The molecule has 0 aliphatic heterocycles. The molecule has 20 heavy (non-hydrogen) atoms. The van der Waals surface area contributed by atoms with Crippen molar-refractivity contribution in [3.05, 3.63) is 51.7 Å². The summed E-state index contributed by atoms with van der Waals surface area (Å²) in [6, 6.07) is 8.44. The fourth-order valence-electron chi connectivity index (χ4n) is 1.55. The summed E-state index contributed by atoms with van der Waals surface area (Å²) >= 11 is 7.29. The van der Waals surface area contributed by atoms with Gasteiger partial charge in [0, 0.05) is 21.5 Å². The summed E-state index contributed by atoms with van der Waals surface area (Å²) < 4.78 is 5.37. The van der Waals surface area contributed by atoms with Gasteiger partial charge in [-0.25, -0.2) is 0 Å². The monoisotopic (exact) mass is 305 g/mol. The van der Waals surface area contributed by atoms with E-state index in [1.807, 2.05) is 16.8 Å². The lowest BCUT2D eigenvalue weighted by Crippen LogP contribution is -2.11. The molecule has 3 rings (SSSR count). The Morgan fingerprint density at radius 1 is 1.20 bits per heavy atom. The molecule has 0 spiro atoms. The highest BCUT2D eigenvalue weighted by molar-refractivity contribution is 7.08. The molecular formula is C13H8ClN3O2S. The number of thiophene rings is 1. The molecule has 0 bridgehead atoms. The van der Waals surface area contributed by atoms with Gasteiger partial charge in [-0.15, -0.1) is 5.10 Å². The van der Waals surface area contributed by atoms with Gasteiger partial charge in [0.15, 0.2) is 0 Å². The number of hydrogen-bond donors (Lipinski definition) is 1. The first-order valence-electron chi connectivity index (χ1n) is 5.65. The zero-order valence-electron chi connectivity index (χ0n) is 10.0. The molecular weight excluding hydrogens is 298 g/mol. The fraction of sp³-hybridized carbons (Fsp3) is 0. The van der Waals surface area contributed by atoms with Gasteiger partial charge in [-0.2, -0.15) is 11.3 Å². The summed E-state index contributed by atoms with van der Waals surface area (Å²) in [5.41, 5.74) is 1.29. The molecule has 100 valence electrons. The van der Waals surface area contributed by atoms with Gasteiger partial charge in [-0.3, -0.25) is 10.1 Å². The quantitative estimate of drug-likeness (QED) is 0.801.